The lowest BCUT2D eigenvalue weighted by Gasteiger charge is -2.35. The molecule has 24 heavy (non-hydrogen) atoms. The van der Waals surface area contributed by atoms with Gasteiger partial charge in [0.05, 0.1) is 6.26 Å². The van der Waals surface area contributed by atoms with Gasteiger partial charge < -0.3 is 10.2 Å². The van der Waals surface area contributed by atoms with Crippen molar-refractivity contribution in [2.75, 3.05) is 40.0 Å². The Morgan fingerprint density at radius 1 is 1.12 bits per heavy atom. The fourth-order valence-electron chi connectivity index (χ4n) is 4.09. The van der Waals surface area contributed by atoms with Crippen molar-refractivity contribution in [3.63, 3.8) is 0 Å². The summed E-state index contributed by atoms with van der Waals surface area (Å²) in [4.78, 5) is 14.7. The van der Waals surface area contributed by atoms with E-state index in [1.165, 1.54) is 42.7 Å². The number of sulfonamides is 1. The SMILES string of the molecule is CN(C)C(CNC(=O)C1CCN(S(C)(=O)=O)CC1)C1CCCCC1. The smallest absolute Gasteiger partial charge is 0.223 e. The third-order valence-electron chi connectivity index (χ3n) is 5.64. The van der Waals surface area contributed by atoms with Crippen LogP contribution in [0.3, 0.4) is 0 Å². The van der Waals surface area contributed by atoms with E-state index in [0.29, 0.717) is 44.4 Å². The second kappa shape index (κ2) is 8.63. The Labute approximate surface area is 147 Å². The van der Waals surface area contributed by atoms with Crippen LogP contribution in [-0.4, -0.2) is 69.6 Å². The highest BCUT2D eigenvalue weighted by Gasteiger charge is 2.30. The van der Waals surface area contributed by atoms with Crippen molar-refractivity contribution < 1.29 is 13.2 Å². The highest BCUT2D eigenvalue weighted by atomic mass is 32.2. The lowest BCUT2D eigenvalue weighted by atomic mass is 9.83. The van der Waals surface area contributed by atoms with E-state index < -0.39 is 10.0 Å². The predicted molar refractivity (Wildman–Crippen MR) is 96.2 cm³/mol. The first-order valence-corrected chi connectivity index (χ1v) is 11.0. The van der Waals surface area contributed by atoms with E-state index in [0.717, 1.165) is 0 Å². The molecule has 7 heteroatoms. The monoisotopic (exact) mass is 359 g/mol. The van der Waals surface area contributed by atoms with Crippen LogP contribution in [0.15, 0.2) is 0 Å². The molecule has 1 N–H and O–H groups in total. The van der Waals surface area contributed by atoms with E-state index in [1.54, 1.807) is 0 Å². The molecule has 1 amide bonds. The van der Waals surface area contributed by atoms with Gasteiger partial charge in [-0.1, -0.05) is 19.3 Å². The number of piperidine rings is 1. The summed E-state index contributed by atoms with van der Waals surface area (Å²) in [5.41, 5.74) is 0. The summed E-state index contributed by atoms with van der Waals surface area (Å²) >= 11 is 0. The van der Waals surface area contributed by atoms with Crippen LogP contribution in [-0.2, 0) is 14.8 Å². The van der Waals surface area contributed by atoms with Crippen LogP contribution >= 0.6 is 0 Å². The predicted octanol–water partition coefficient (Wildman–Crippen LogP) is 1.28. The average Bonchev–Trinajstić information content (AvgIpc) is 2.55. The van der Waals surface area contributed by atoms with Gasteiger partial charge in [0.2, 0.25) is 15.9 Å². The number of rotatable bonds is 6. The summed E-state index contributed by atoms with van der Waals surface area (Å²) in [5.74, 6) is 0.698. The van der Waals surface area contributed by atoms with Crippen molar-refractivity contribution in [3.8, 4) is 0 Å². The molecule has 2 aliphatic rings. The van der Waals surface area contributed by atoms with Gasteiger partial charge in [-0.05, 0) is 45.7 Å². The van der Waals surface area contributed by atoms with Crippen molar-refractivity contribution in [1.82, 2.24) is 14.5 Å². The van der Waals surface area contributed by atoms with E-state index >= 15 is 0 Å². The maximum Gasteiger partial charge on any atom is 0.223 e. The maximum absolute atomic E-state index is 12.5. The fourth-order valence-corrected chi connectivity index (χ4v) is 4.96. The lowest BCUT2D eigenvalue weighted by Crippen LogP contribution is -2.48. The minimum Gasteiger partial charge on any atom is -0.354 e. The van der Waals surface area contributed by atoms with Crippen molar-refractivity contribution in [2.24, 2.45) is 11.8 Å². The van der Waals surface area contributed by atoms with Crippen molar-refractivity contribution in [2.45, 2.75) is 51.0 Å². The molecular formula is C17H33N3O3S. The summed E-state index contributed by atoms with van der Waals surface area (Å²) in [5, 5.41) is 3.14. The molecule has 1 unspecified atom stereocenters. The molecular weight excluding hydrogens is 326 g/mol. The summed E-state index contributed by atoms with van der Waals surface area (Å²) in [6.45, 7) is 1.61. The first-order valence-electron chi connectivity index (χ1n) is 9.18. The maximum atomic E-state index is 12.5. The van der Waals surface area contributed by atoms with E-state index in [-0.39, 0.29) is 11.8 Å². The molecule has 1 heterocycles. The quantitative estimate of drug-likeness (QED) is 0.776. The van der Waals surface area contributed by atoms with Crippen molar-refractivity contribution in [3.05, 3.63) is 0 Å². The standard InChI is InChI=1S/C17H33N3O3S/c1-19(2)16(14-7-5-4-6-8-14)13-18-17(21)15-9-11-20(12-10-15)24(3,22)23/h14-16H,4-13H2,1-3H3,(H,18,21). The van der Waals surface area contributed by atoms with Gasteiger partial charge >= 0.3 is 0 Å². The van der Waals surface area contributed by atoms with Gasteiger partial charge in [0.15, 0.2) is 0 Å². The molecule has 6 nitrogen and oxygen atoms in total. The minimum absolute atomic E-state index is 0.0582. The van der Waals surface area contributed by atoms with Gasteiger partial charge in [-0.25, -0.2) is 12.7 Å². The van der Waals surface area contributed by atoms with Crippen molar-refractivity contribution >= 4 is 15.9 Å². The first kappa shape index (κ1) is 19.7. The van der Waals surface area contributed by atoms with Crippen LogP contribution in [0.4, 0.5) is 0 Å². The van der Waals surface area contributed by atoms with Crippen molar-refractivity contribution in [1.29, 1.82) is 0 Å². The Hall–Kier alpha value is -0.660. The Morgan fingerprint density at radius 2 is 1.71 bits per heavy atom. The summed E-state index contributed by atoms with van der Waals surface area (Å²) in [6, 6.07) is 0.394. The van der Waals surface area contributed by atoms with Gasteiger partial charge in [-0.15, -0.1) is 0 Å². The molecule has 0 radical (unpaired) electrons. The van der Waals surface area contributed by atoms with Crippen LogP contribution in [0.5, 0.6) is 0 Å². The molecule has 0 aromatic heterocycles. The summed E-state index contributed by atoms with van der Waals surface area (Å²) in [6.07, 6.45) is 8.92. The van der Waals surface area contributed by atoms with E-state index in [2.05, 4.69) is 24.3 Å². The third-order valence-corrected chi connectivity index (χ3v) is 6.94. The van der Waals surface area contributed by atoms with E-state index in [9.17, 15) is 13.2 Å². The zero-order valence-electron chi connectivity index (χ0n) is 15.3. The van der Waals surface area contributed by atoms with E-state index in [1.807, 2.05) is 0 Å². The Bertz CT molecular complexity index is 507. The molecule has 1 aliphatic heterocycles. The van der Waals surface area contributed by atoms with Gasteiger partial charge in [0.1, 0.15) is 0 Å². The number of nitrogens with one attached hydrogen (secondary N) is 1. The molecule has 0 aromatic carbocycles. The number of amides is 1. The van der Waals surface area contributed by atoms with Crippen LogP contribution < -0.4 is 5.32 Å². The van der Waals surface area contributed by atoms with Crippen LogP contribution in [0.1, 0.15) is 44.9 Å². The lowest BCUT2D eigenvalue weighted by molar-refractivity contribution is -0.126. The highest BCUT2D eigenvalue weighted by Crippen LogP contribution is 2.28. The van der Waals surface area contributed by atoms with Gasteiger partial charge in [0.25, 0.3) is 0 Å². The highest BCUT2D eigenvalue weighted by molar-refractivity contribution is 7.88. The van der Waals surface area contributed by atoms with Crippen LogP contribution in [0, 0.1) is 11.8 Å². The minimum atomic E-state index is -3.13. The third kappa shape index (κ3) is 5.43. The summed E-state index contributed by atoms with van der Waals surface area (Å²) in [7, 11) is 1.06. The number of carbonyl (C=O) groups excluding carboxylic acids is 1. The van der Waals surface area contributed by atoms with E-state index in [4.69, 9.17) is 0 Å². The first-order chi connectivity index (χ1) is 11.3. The normalized spacial score (nSPS) is 23.3. The molecule has 2 fully saturated rings. The molecule has 0 aromatic rings. The topological polar surface area (TPSA) is 69.7 Å². The summed E-state index contributed by atoms with van der Waals surface area (Å²) < 4.78 is 24.6. The second-order valence-electron chi connectivity index (χ2n) is 7.61. The fraction of sp³-hybridized carbons (Fsp3) is 0.941. The van der Waals surface area contributed by atoms with Gasteiger partial charge in [-0.2, -0.15) is 0 Å². The number of likely N-dealkylation sites (N-methyl/N-ethyl adjacent to an activating group) is 1. The second-order valence-corrected chi connectivity index (χ2v) is 9.59. The molecule has 140 valence electrons. The molecule has 1 saturated carbocycles. The van der Waals surface area contributed by atoms with Gasteiger partial charge in [-0.3, -0.25) is 4.79 Å². The zero-order valence-corrected chi connectivity index (χ0v) is 16.1. The number of hydrogen-bond acceptors (Lipinski definition) is 4. The van der Waals surface area contributed by atoms with Gasteiger partial charge in [0, 0.05) is 31.6 Å². The Kier molecular flexibility index (Phi) is 7.07. The Balaban J connectivity index is 1.81. The zero-order chi connectivity index (χ0) is 17.7. The number of nitrogens with zero attached hydrogens (tertiary/aromatic N) is 2. The molecule has 2 rings (SSSR count). The van der Waals surface area contributed by atoms with Crippen LogP contribution in [0.25, 0.3) is 0 Å². The molecule has 1 saturated heterocycles. The largest absolute Gasteiger partial charge is 0.354 e. The molecule has 1 aliphatic carbocycles. The number of hydrogen-bond donors (Lipinski definition) is 1. The Morgan fingerprint density at radius 3 is 2.21 bits per heavy atom. The number of carbonyl (C=O) groups is 1. The van der Waals surface area contributed by atoms with Crippen LogP contribution in [0.2, 0.25) is 0 Å². The molecule has 0 bridgehead atoms. The molecule has 1 atom stereocenters. The molecule has 0 spiro atoms. The average molecular weight is 360 g/mol.